The van der Waals surface area contributed by atoms with Gasteiger partial charge in [0.1, 0.15) is 0 Å². The molecule has 1 fully saturated rings. The van der Waals surface area contributed by atoms with Crippen LogP contribution in [0.2, 0.25) is 0 Å². The second-order valence-electron chi connectivity index (χ2n) is 5.26. The Morgan fingerprint density at radius 1 is 1.42 bits per heavy atom. The standard InChI is InChI=1S/C14H21N3O2/c15-13(17-19)12-3-1-2-11(8-12)9-16-10-14(4-5-14)6-7-18/h1-3,8,16,18-19H,4-7,9-10H2,(H2,15,17). The first-order valence-corrected chi connectivity index (χ1v) is 6.57. The van der Waals surface area contributed by atoms with Gasteiger partial charge in [-0.3, -0.25) is 0 Å². The highest BCUT2D eigenvalue weighted by Crippen LogP contribution is 2.47. The summed E-state index contributed by atoms with van der Waals surface area (Å²) in [6.07, 6.45) is 3.28. The number of nitrogens with two attached hydrogens (primary N) is 1. The minimum Gasteiger partial charge on any atom is -0.409 e. The van der Waals surface area contributed by atoms with E-state index in [0.717, 1.165) is 30.6 Å². The summed E-state index contributed by atoms with van der Waals surface area (Å²) in [6.45, 7) is 1.95. The molecule has 5 N–H and O–H groups in total. The van der Waals surface area contributed by atoms with E-state index in [9.17, 15) is 0 Å². The molecule has 1 aromatic carbocycles. The summed E-state index contributed by atoms with van der Waals surface area (Å²) in [5.74, 6) is 0.126. The Labute approximate surface area is 113 Å². The van der Waals surface area contributed by atoms with E-state index >= 15 is 0 Å². The van der Waals surface area contributed by atoms with Crippen LogP contribution in [0.4, 0.5) is 0 Å². The zero-order valence-corrected chi connectivity index (χ0v) is 11.0. The molecule has 0 atom stereocenters. The molecule has 0 amide bonds. The minimum absolute atomic E-state index is 0.126. The Morgan fingerprint density at radius 3 is 2.84 bits per heavy atom. The number of hydrogen-bond donors (Lipinski definition) is 4. The van der Waals surface area contributed by atoms with Crippen LogP contribution in [-0.4, -0.2) is 29.3 Å². The number of rotatable bonds is 7. The quantitative estimate of drug-likeness (QED) is 0.256. The van der Waals surface area contributed by atoms with Gasteiger partial charge in [0.05, 0.1) is 0 Å². The molecule has 0 unspecified atom stereocenters. The van der Waals surface area contributed by atoms with Crippen molar-refractivity contribution in [3.05, 3.63) is 35.4 Å². The van der Waals surface area contributed by atoms with Crippen LogP contribution in [0.5, 0.6) is 0 Å². The third-order valence-electron chi connectivity index (χ3n) is 3.76. The summed E-state index contributed by atoms with van der Waals surface area (Å²) < 4.78 is 0. The summed E-state index contributed by atoms with van der Waals surface area (Å²) >= 11 is 0. The maximum absolute atomic E-state index is 9.00. The van der Waals surface area contributed by atoms with Gasteiger partial charge in [-0.05, 0) is 36.3 Å². The molecule has 19 heavy (non-hydrogen) atoms. The number of nitrogens with zero attached hydrogens (tertiary/aromatic N) is 1. The highest BCUT2D eigenvalue weighted by Gasteiger charge is 2.41. The summed E-state index contributed by atoms with van der Waals surface area (Å²) in [5.41, 5.74) is 7.70. The summed E-state index contributed by atoms with van der Waals surface area (Å²) in [5, 5.41) is 24.1. The van der Waals surface area contributed by atoms with Gasteiger partial charge in [0.25, 0.3) is 0 Å². The van der Waals surface area contributed by atoms with Crippen molar-refractivity contribution in [3.63, 3.8) is 0 Å². The second-order valence-corrected chi connectivity index (χ2v) is 5.26. The van der Waals surface area contributed by atoms with Gasteiger partial charge in [0.15, 0.2) is 5.84 Å². The summed E-state index contributed by atoms with van der Waals surface area (Å²) in [4.78, 5) is 0. The molecule has 0 heterocycles. The molecule has 1 aliphatic rings. The van der Waals surface area contributed by atoms with Gasteiger partial charge in [-0.25, -0.2) is 0 Å². The van der Waals surface area contributed by atoms with E-state index in [-0.39, 0.29) is 12.4 Å². The van der Waals surface area contributed by atoms with E-state index in [2.05, 4.69) is 10.5 Å². The van der Waals surface area contributed by atoms with Crippen LogP contribution in [0.15, 0.2) is 29.4 Å². The fourth-order valence-electron chi connectivity index (χ4n) is 2.30. The molecule has 1 saturated carbocycles. The van der Waals surface area contributed by atoms with Gasteiger partial charge in [0, 0.05) is 25.3 Å². The second kappa shape index (κ2) is 6.04. The van der Waals surface area contributed by atoms with Crippen molar-refractivity contribution in [2.45, 2.75) is 25.8 Å². The van der Waals surface area contributed by atoms with Gasteiger partial charge in [-0.1, -0.05) is 23.4 Å². The largest absolute Gasteiger partial charge is 0.409 e. The van der Waals surface area contributed by atoms with Gasteiger partial charge in [-0.2, -0.15) is 0 Å². The molecule has 0 aromatic heterocycles. The SMILES string of the molecule is N/C(=N/O)c1cccc(CNCC2(CCO)CC2)c1. The third kappa shape index (κ3) is 3.68. The molecule has 2 rings (SSSR count). The fraction of sp³-hybridized carbons (Fsp3) is 0.500. The highest BCUT2D eigenvalue weighted by atomic mass is 16.4. The topological polar surface area (TPSA) is 90.9 Å². The van der Waals surface area contributed by atoms with Gasteiger partial charge < -0.3 is 21.4 Å². The molecule has 1 aliphatic carbocycles. The Bertz CT molecular complexity index is 456. The normalized spacial score (nSPS) is 17.4. The lowest BCUT2D eigenvalue weighted by molar-refractivity contribution is 0.245. The average molecular weight is 263 g/mol. The van der Waals surface area contributed by atoms with E-state index in [1.165, 1.54) is 12.8 Å². The number of nitrogens with one attached hydrogen (secondary N) is 1. The molecule has 0 aliphatic heterocycles. The number of amidine groups is 1. The maximum atomic E-state index is 9.00. The van der Waals surface area contributed by atoms with E-state index in [1.54, 1.807) is 0 Å². The third-order valence-corrected chi connectivity index (χ3v) is 3.76. The zero-order chi connectivity index (χ0) is 13.7. The first-order chi connectivity index (χ1) is 9.19. The van der Waals surface area contributed by atoms with Crippen LogP contribution < -0.4 is 11.1 Å². The van der Waals surface area contributed by atoms with Gasteiger partial charge in [-0.15, -0.1) is 0 Å². The van der Waals surface area contributed by atoms with Crippen molar-refractivity contribution in [3.8, 4) is 0 Å². The lowest BCUT2D eigenvalue weighted by atomic mass is 10.0. The van der Waals surface area contributed by atoms with Crippen molar-refractivity contribution in [2.24, 2.45) is 16.3 Å². The van der Waals surface area contributed by atoms with E-state index in [1.807, 2.05) is 24.3 Å². The lowest BCUT2D eigenvalue weighted by Crippen LogP contribution is -2.24. The summed E-state index contributed by atoms with van der Waals surface area (Å²) in [6, 6.07) is 7.62. The molecule has 5 nitrogen and oxygen atoms in total. The smallest absolute Gasteiger partial charge is 0.170 e. The molecule has 5 heteroatoms. The van der Waals surface area contributed by atoms with E-state index < -0.39 is 0 Å². The molecule has 0 saturated heterocycles. The predicted octanol–water partition coefficient (Wildman–Crippen LogP) is 1.03. The van der Waals surface area contributed by atoms with Crippen molar-refractivity contribution >= 4 is 5.84 Å². The first kappa shape index (κ1) is 13.8. The molecular weight excluding hydrogens is 242 g/mol. The van der Waals surface area contributed by atoms with Crippen LogP contribution in [0.3, 0.4) is 0 Å². The van der Waals surface area contributed by atoms with Crippen LogP contribution >= 0.6 is 0 Å². The molecule has 0 bridgehead atoms. The Kier molecular flexibility index (Phi) is 4.39. The fourth-order valence-corrected chi connectivity index (χ4v) is 2.30. The predicted molar refractivity (Wildman–Crippen MR) is 74.0 cm³/mol. The van der Waals surface area contributed by atoms with Crippen LogP contribution in [-0.2, 0) is 6.54 Å². The van der Waals surface area contributed by atoms with Crippen LogP contribution in [0.25, 0.3) is 0 Å². The van der Waals surface area contributed by atoms with Crippen molar-refractivity contribution in [1.82, 2.24) is 5.32 Å². The van der Waals surface area contributed by atoms with E-state index in [4.69, 9.17) is 16.0 Å². The Balaban J connectivity index is 1.86. The number of oxime groups is 1. The molecule has 0 spiro atoms. The zero-order valence-electron chi connectivity index (χ0n) is 11.0. The van der Waals surface area contributed by atoms with E-state index in [0.29, 0.717) is 5.41 Å². The van der Waals surface area contributed by atoms with Gasteiger partial charge in [0.2, 0.25) is 0 Å². The number of aliphatic hydroxyl groups excluding tert-OH is 1. The minimum atomic E-state index is 0.126. The molecular formula is C14H21N3O2. The monoisotopic (exact) mass is 263 g/mol. The first-order valence-electron chi connectivity index (χ1n) is 6.57. The van der Waals surface area contributed by atoms with Crippen LogP contribution in [0, 0.1) is 5.41 Å². The van der Waals surface area contributed by atoms with Crippen LogP contribution in [0.1, 0.15) is 30.4 Å². The molecule has 0 radical (unpaired) electrons. The number of benzene rings is 1. The average Bonchev–Trinajstić information content (AvgIpc) is 3.18. The van der Waals surface area contributed by atoms with Crippen molar-refractivity contribution in [2.75, 3.05) is 13.2 Å². The lowest BCUT2D eigenvalue weighted by Gasteiger charge is -2.14. The maximum Gasteiger partial charge on any atom is 0.170 e. The Morgan fingerprint density at radius 2 is 2.21 bits per heavy atom. The molecule has 104 valence electrons. The number of hydrogen-bond acceptors (Lipinski definition) is 4. The molecule has 1 aromatic rings. The Hall–Kier alpha value is -1.59. The van der Waals surface area contributed by atoms with Crippen molar-refractivity contribution in [1.29, 1.82) is 0 Å². The summed E-state index contributed by atoms with van der Waals surface area (Å²) in [7, 11) is 0. The van der Waals surface area contributed by atoms with Crippen molar-refractivity contribution < 1.29 is 10.3 Å². The number of aliphatic hydroxyl groups is 1. The van der Waals surface area contributed by atoms with Gasteiger partial charge >= 0.3 is 0 Å². The highest BCUT2D eigenvalue weighted by molar-refractivity contribution is 5.97.